The van der Waals surface area contributed by atoms with Gasteiger partial charge in [-0.3, -0.25) is 9.59 Å². The summed E-state index contributed by atoms with van der Waals surface area (Å²) in [5, 5.41) is 7.12. The number of nitrogens with one attached hydrogen (secondary N) is 2. The van der Waals surface area contributed by atoms with Crippen LogP contribution in [-0.4, -0.2) is 43.8 Å². The van der Waals surface area contributed by atoms with Crippen LogP contribution in [0.1, 0.15) is 36.9 Å². The Morgan fingerprint density at radius 3 is 2.83 bits per heavy atom. The van der Waals surface area contributed by atoms with E-state index in [4.69, 9.17) is 4.98 Å². The molecule has 1 aromatic carbocycles. The maximum Gasteiger partial charge on any atom is 0.278 e. The molecular weight excluding hydrogens is 444 g/mol. The zero-order chi connectivity index (χ0) is 24.1. The van der Waals surface area contributed by atoms with Gasteiger partial charge in [-0.25, -0.2) is 19.3 Å². The summed E-state index contributed by atoms with van der Waals surface area (Å²) in [6.45, 7) is 3.33. The van der Waals surface area contributed by atoms with Gasteiger partial charge in [-0.15, -0.1) is 0 Å². The number of rotatable bonds is 5. The first-order valence-electron chi connectivity index (χ1n) is 11.8. The summed E-state index contributed by atoms with van der Waals surface area (Å²) >= 11 is 0. The zero-order valence-corrected chi connectivity index (χ0v) is 19.7. The second-order valence-corrected chi connectivity index (χ2v) is 9.09. The van der Waals surface area contributed by atoms with E-state index in [-0.39, 0.29) is 17.5 Å². The largest absolute Gasteiger partial charge is 0.324 e. The number of carbonyl (C=O) groups excluding carboxylic acids is 1. The second kappa shape index (κ2) is 8.31. The summed E-state index contributed by atoms with van der Waals surface area (Å²) in [5.41, 5.74) is 3.86. The molecular formula is C25H26N8O2. The SMILES string of the molecule is CC(=O)N(C)c1cccc(-n2c3nc(Nc4ccc5c(c4)CCNC5)ncc3c(=O)n2C2CC2)n1. The van der Waals surface area contributed by atoms with E-state index in [9.17, 15) is 9.59 Å². The third kappa shape index (κ3) is 3.85. The van der Waals surface area contributed by atoms with E-state index in [0.717, 1.165) is 38.0 Å². The molecule has 0 atom stereocenters. The van der Waals surface area contributed by atoms with Gasteiger partial charge in [0.25, 0.3) is 5.56 Å². The van der Waals surface area contributed by atoms with Gasteiger partial charge in [-0.2, -0.15) is 4.98 Å². The molecule has 1 amide bonds. The highest BCUT2D eigenvalue weighted by Gasteiger charge is 2.31. The van der Waals surface area contributed by atoms with Gasteiger partial charge in [-0.1, -0.05) is 12.1 Å². The van der Waals surface area contributed by atoms with Crippen LogP contribution >= 0.6 is 0 Å². The summed E-state index contributed by atoms with van der Waals surface area (Å²) < 4.78 is 3.48. The van der Waals surface area contributed by atoms with Crippen LogP contribution in [0.2, 0.25) is 0 Å². The molecule has 10 heteroatoms. The van der Waals surface area contributed by atoms with Crippen molar-refractivity contribution >= 4 is 34.4 Å². The van der Waals surface area contributed by atoms with E-state index < -0.39 is 0 Å². The Morgan fingerprint density at radius 1 is 1.17 bits per heavy atom. The maximum atomic E-state index is 13.3. The van der Waals surface area contributed by atoms with E-state index in [1.807, 2.05) is 18.2 Å². The molecule has 0 saturated heterocycles. The van der Waals surface area contributed by atoms with Crippen LogP contribution in [0.4, 0.5) is 17.5 Å². The smallest absolute Gasteiger partial charge is 0.278 e. The fourth-order valence-corrected chi connectivity index (χ4v) is 4.49. The molecule has 0 radical (unpaired) electrons. The van der Waals surface area contributed by atoms with Gasteiger partial charge in [0, 0.05) is 32.4 Å². The molecule has 2 aliphatic rings. The number of carbonyl (C=O) groups is 1. The quantitative estimate of drug-likeness (QED) is 0.461. The maximum absolute atomic E-state index is 13.3. The molecule has 1 saturated carbocycles. The lowest BCUT2D eigenvalue weighted by Crippen LogP contribution is -2.25. The predicted molar refractivity (Wildman–Crippen MR) is 133 cm³/mol. The molecule has 1 fully saturated rings. The van der Waals surface area contributed by atoms with Crippen LogP contribution in [0.3, 0.4) is 0 Å². The van der Waals surface area contributed by atoms with E-state index in [2.05, 4.69) is 32.7 Å². The van der Waals surface area contributed by atoms with Crippen molar-refractivity contribution in [1.82, 2.24) is 29.6 Å². The third-order valence-corrected chi connectivity index (χ3v) is 6.62. The lowest BCUT2D eigenvalue weighted by molar-refractivity contribution is -0.116. The van der Waals surface area contributed by atoms with Gasteiger partial charge in [0.05, 0.1) is 6.04 Å². The first kappa shape index (κ1) is 21.5. The predicted octanol–water partition coefficient (Wildman–Crippen LogP) is 2.68. The third-order valence-electron chi connectivity index (χ3n) is 6.62. The van der Waals surface area contributed by atoms with Gasteiger partial charge in [0.2, 0.25) is 11.9 Å². The van der Waals surface area contributed by atoms with Crippen molar-refractivity contribution in [2.24, 2.45) is 0 Å². The minimum absolute atomic E-state index is 0.0957. The molecule has 4 aromatic rings. The van der Waals surface area contributed by atoms with Gasteiger partial charge < -0.3 is 15.5 Å². The molecule has 2 N–H and O–H groups in total. The summed E-state index contributed by atoms with van der Waals surface area (Å²) in [6.07, 6.45) is 4.40. The van der Waals surface area contributed by atoms with Crippen LogP contribution in [0.5, 0.6) is 0 Å². The highest BCUT2D eigenvalue weighted by Crippen LogP contribution is 2.35. The Hall–Kier alpha value is -4.05. The van der Waals surface area contributed by atoms with Crippen LogP contribution in [0, 0.1) is 0 Å². The van der Waals surface area contributed by atoms with Crippen molar-refractivity contribution in [2.75, 3.05) is 23.8 Å². The van der Waals surface area contributed by atoms with Crippen LogP contribution in [0.15, 0.2) is 47.4 Å². The molecule has 3 aromatic heterocycles. The van der Waals surface area contributed by atoms with E-state index >= 15 is 0 Å². The van der Waals surface area contributed by atoms with Gasteiger partial charge in [0.1, 0.15) is 11.2 Å². The summed E-state index contributed by atoms with van der Waals surface area (Å²) in [4.78, 5) is 40.5. The highest BCUT2D eigenvalue weighted by atomic mass is 16.2. The normalized spacial score (nSPS) is 15.1. The highest BCUT2D eigenvalue weighted by molar-refractivity contribution is 5.89. The van der Waals surface area contributed by atoms with Crippen LogP contribution in [-0.2, 0) is 17.8 Å². The first-order valence-corrected chi connectivity index (χ1v) is 11.8. The Bertz CT molecular complexity index is 1520. The summed E-state index contributed by atoms with van der Waals surface area (Å²) in [5.74, 6) is 1.31. The fourth-order valence-electron chi connectivity index (χ4n) is 4.49. The van der Waals surface area contributed by atoms with Crippen molar-refractivity contribution < 1.29 is 4.79 Å². The van der Waals surface area contributed by atoms with Gasteiger partial charge >= 0.3 is 0 Å². The molecule has 35 heavy (non-hydrogen) atoms. The summed E-state index contributed by atoms with van der Waals surface area (Å²) in [6, 6.07) is 11.8. The lowest BCUT2D eigenvalue weighted by Gasteiger charge is -2.18. The summed E-state index contributed by atoms with van der Waals surface area (Å²) in [7, 11) is 1.68. The molecule has 1 aliphatic carbocycles. The average Bonchev–Trinajstić information content (AvgIpc) is 3.67. The molecule has 178 valence electrons. The Balaban J connectivity index is 1.45. The number of amides is 1. The van der Waals surface area contributed by atoms with Crippen molar-refractivity contribution in [3.05, 3.63) is 64.1 Å². The number of anilines is 3. The van der Waals surface area contributed by atoms with Crippen molar-refractivity contribution in [3.63, 3.8) is 0 Å². The van der Waals surface area contributed by atoms with Crippen LogP contribution < -0.4 is 21.1 Å². The number of aromatic nitrogens is 5. The molecule has 1 aliphatic heterocycles. The Morgan fingerprint density at radius 2 is 2.03 bits per heavy atom. The fraction of sp³-hybridized carbons (Fsp3) is 0.320. The Kier molecular flexibility index (Phi) is 5.10. The minimum atomic E-state index is -0.137. The van der Waals surface area contributed by atoms with Crippen molar-refractivity contribution in [3.8, 4) is 5.82 Å². The first-order chi connectivity index (χ1) is 17.0. The molecule has 6 rings (SSSR count). The number of nitrogens with zero attached hydrogens (tertiary/aromatic N) is 6. The average molecular weight is 471 g/mol. The van der Waals surface area contributed by atoms with E-state index in [1.54, 1.807) is 28.7 Å². The van der Waals surface area contributed by atoms with E-state index in [1.165, 1.54) is 23.0 Å². The molecule has 0 bridgehead atoms. The number of hydrogen-bond acceptors (Lipinski definition) is 7. The van der Waals surface area contributed by atoms with Crippen molar-refractivity contribution in [2.45, 2.75) is 38.8 Å². The zero-order valence-electron chi connectivity index (χ0n) is 19.7. The lowest BCUT2D eigenvalue weighted by atomic mass is 10.0. The molecule has 0 spiro atoms. The van der Waals surface area contributed by atoms with Gasteiger partial charge in [-0.05, 0) is 61.2 Å². The molecule has 0 unspecified atom stereocenters. The number of hydrogen-bond donors (Lipinski definition) is 2. The van der Waals surface area contributed by atoms with Gasteiger partial charge in [0.15, 0.2) is 11.5 Å². The topological polar surface area (TPSA) is 110 Å². The Labute approximate surface area is 201 Å². The standard InChI is InChI=1S/C25H26N8O2/c1-15(34)31(2)21-4-3-5-22(29-21)33-23-20(24(35)32(33)19-8-9-19)14-27-25(30-23)28-18-7-6-17-13-26-11-10-16(17)12-18/h3-7,12,14,19,26H,8-11,13H2,1-2H3,(H,27,28,30). The second-order valence-electron chi connectivity index (χ2n) is 9.09. The number of benzene rings is 1. The number of fused-ring (bicyclic) bond motifs is 2. The monoisotopic (exact) mass is 470 g/mol. The molecule has 10 nitrogen and oxygen atoms in total. The van der Waals surface area contributed by atoms with E-state index in [0.29, 0.717) is 28.6 Å². The minimum Gasteiger partial charge on any atom is -0.324 e. The van der Waals surface area contributed by atoms with Crippen LogP contribution in [0.25, 0.3) is 16.9 Å². The van der Waals surface area contributed by atoms with Crippen molar-refractivity contribution in [1.29, 1.82) is 0 Å². The molecule has 4 heterocycles. The number of pyridine rings is 1.